The number of carbonyl (C=O) groups is 1. The Kier molecular flexibility index (Phi) is 8.97. The van der Waals surface area contributed by atoms with Crippen molar-refractivity contribution in [2.24, 2.45) is 11.8 Å². The largest absolute Gasteiger partial charge is 0.300 e. The molecule has 0 aromatic heterocycles. The lowest BCUT2D eigenvalue weighted by atomic mass is 10.00. The molecule has 1 nitrogen and oxygen atoms in total. The van der Waals surface area contributed by atoms with E-state index in [1.54, 1.807) is 0 Å². The lowest BCUT2D eigenvalue weighted by molar-refractivity contribution is -0.120. The van der Waals surface area contributed by atoms with E-state index >= 15 is 0 Å². The Morgan fingerprint density at radius 2 is 1.27 bits per heavy atom. The van der Waals surface area contributed by atoms with Crippen molar-refractivity contribution >= 4 is 29.8 Å². The third-order valence-corrected chi connectivity index (χ3v) is 1.27. The summed E-state index contributed by atoms with van der Waals surface area (Å²) in [7, 11) is 0. The number of hydrogen-bond donors (Lipinski definition) is 0. The van der Waals surface area contributed by atoms with Crippen LogP contribution in [0.15, 0.2) is 0 Å². The molecule has 0 N–H and O–H groups in total. The van der Waals surface area contributed by atoms with Gasteiger partial charge in [0.05, 0.1) is 0 Å². The SMILES string of the molecule is CC(C)CC(=O)CC(C)C.I. The maximum Gasteiger partial charge on any atom is 0.133 e. The first-order valence-electron chi connectivity index (χ1n) is 4.04. The first-order chi connectivity index (χ1) is 4.52. The van der Waals surface area contributed by atoms with Crippen molar-refractivity contribution in [2.45, 2.75) is 40.5 Å². The zero-order valence-electron chi connectivity index (χ0n) is 7.89. The van der Waals surface area contributed by atoms with E-state index in [9.17, 15) is 4.79 Å². The molecule has 0 unspecified atom stereocenters. The van der Waals surface area contributed by atoms with E-state index in [0.717, 1.165) is 12.8 Å². The fraction of sp³-hybridized carbons (Fsp3) is 0.889. The highest BCUT2D eigenvalue weighted by Crippen LogP contribution is 2.07. The van der Waals surface area contributed by atoms with Crippen LogP contribution < -0.4 is 0 Å². The van der Waals surface area contributed by atoms with Crippen molar-refractivity contribution in [1.82, 2.24) is 0 Å². The standard InChI is InChI=1S/C9H18O.HI/c1-7(2)5-9(10)6-8(3)4;/h7-8H,5-6H2,1-4H3;1H. The van der Waals surface area contributed by atoms with Crippen molar-refractivity contribution in [3.63, 3.8) is 0 Å². The minimum atomic E-state index is 0. The molecule has 0 saturated carbocycles. The molecular weight excluding hydrogens is 251 g/mol. The fourth-order valence-corrected chi connectivity index (χ4v) is 0.994. The summed E-state index contributed by atoms with van der Waals surface area (Å²) in [5.74, 6) is 1.45. The molecule has 0 aromatic rings. The van der Waals surface area contributed by atoms with Crippen molar-refractivity contribution in [1.29, 1.82) is 0 Å². The summed E-state index contributed by atoms with van der Waals surface area (Å²) in [6.07, 6.45) is 1.50. The highest BCUT2D eigenvalue weighted by atomic mass is 127. The summed E-state index contributed by atoms with van der Waals surface area (Å²) in [5, 5.41) is 0. The molecule has 0 aromatic carbocycles. The van der Waals surface area contributed by atoms with E-state index in [0.29, 0.717) is 17.6 Å². The van der Waals surface area contributed by atoms with Gasteiger partial charge < -0.3 is 0 Å². The summed E-state index contributed by atoms with van der Waals surface area (Å²) in [6.45, 7) is 8.33. The van der Waals surface area contributed by atoms with Crippen LogP contribution in [0.2, 0.25) is 0 Å². The lowest BCUT2D eigenvalue weighted by Crippen LogP contribution is -2.05. The van der Waals surface area contributed by atoms with E-state index < -0.39 is 0 Å². The molecule has 0 aliphatic rings. The molecule has 0 spiro atoms. The molecule has 0 aliphatic heterocycles. The van der Waals surface area contributed by atoms with Crippen molar-refractivity contribution in [3.05, 3.63) is 0 Å². The Hall–Kier alpha value is 0.400. The third-order valence-electron chi connectivity index (χ3n) is 1.27. The van der Waals surface area contributed by atoms with E-state index in [1.807, 2.05) is 0 Å². The first-order valence-corrected chi connectivity index (χ1v) is 4.04. The van der Waals surface area contributed by atoms with Gasteiger partial charge in [-0.05, 0) is 11.8 Å². The van der Waals surface area contributed by atoms with Gasteiger partial charge in [-0.25, -0.2) is 0 Å². The average Bonchev–Trinajstić information content (AvgIpc) is 1.58. The van der Waals surface area contributed by atoms with Gasteiger partial charge in [-0.15, -0.1) is 24.0 Å². The van der Waals surface area contributed by atoms with Crippen LogP contribution in [0.5, 0.6) is 0 Å². The van der Waals surface area contributed by atoms with Crippen LogP contribution in [-0.4, -0.2) is 5.78 Å². The van der Waals surface area contributed by atoms with Gasteiger partial charge in [-0.3, -0.25) is 4.79 Å². The van der Waals surface area contributed by atoms with E-state index in [4.69, 9.17) is 0 Å². The Morgan fingerprint density at radius 1 is 1.00 bits per heavy atom. The second kappa shape index (κ2) is 7.07. The van der Waals surface area contributed by atoms with Crippen LogP contribution in [-0.2, 0) is 4.79 Å². The van der Waals surface area contributed by atoms with Gasteiger partial charge in [0.25, 0.3) is 0 Å². The van der Waals surface area contributed by atoms with Gasteiger partial charge >= 0.3 is 0 Å². The Balaban J connectivity index is 0. The van der Waals surface area contributed by atoms with Crippen molar-refractivity contribution in [2.75, 3.05) is 0 Å². The monoisotopic (exact) mass is 270 g/mol. The number of rotatable bonds is 4. The third kappa shape index (κ3) is 10.4. The number of carbonyl (C=O) groups excluding carboxylic acids is 1. The van der Waals surface area contributed by atoms with E-state index in [-0.39, 0.29) is 24.0 Å². The second-order valence-corrected chi connectivity index (χ2v) is 3.73. The minimum Gasteiger partial charge on any atom is -0.300 e. The molecule has 2 heteroatoms. The molecule has 0 fully saturated rings. The number of Topliss-reactive ketones (excluding diaryl/α,β-unsaturated/α-hetero) is 1. The highest BCUT2D eigenvalue weighted by molar-refractivity contribution is 14.0. The fourth-order valence-electron chi connectivity index (χ4n) is 0.994. The lowest BCUT2D eigenvalue weighted by Gasteiger charge is -2.05. The van der Waals surface area contributed by atoms with Crippen LogP contribution in [0.25, 0.3) is 0 Å². The van der Waals surface area contributed by atoms with E-state index in [1.165, 1.54) is 0 Å². The molecule has 0 atom stereocenters. The van der Waals surface area contributed by atoms with Crippen molar-refractivity contribution in [3.8, 4) is 0 Å². The van der Waals surface area contributed by atoms with Gasteiger partial charge in [0.1, 0.15) is 5.78 Å². The second-order valence-electron chi connectivity index (χ2n) is 3.73. The van der Waals surface area contributed by atoms with Crippen LogP contribution in [0, 0.1) is 11.8 Å². The molecule has 0 radical (unpaired) electrons. The number of hydrogen-bond acceptors (Lipinski definition) is 1. The quantitative estimate of drug-likeness (QED) is 0.716. The summed E-state index contributed by atoms with van der Waals surface area (Å²) in [6, 6.07) is 0. The van der Waals surface area contributed by atoms with Crippen LogP contribution in [0.3, 0.4) is 0 Å². The Morgan fingerprint density at radius 3 is 1.45 bits per heavy atom. The Bertz CT molecular complexity index is 96.1. The topological polar surface area (TPSA) is 17.1 Å². The maximum absolute atomic E-state index is 11.1. The average molecular weight is 270 g/mol. The van der Waals surface area contributed by atoms with Gasteiger partial charge in [0, 0.05) is 12.8 Å². The van der Waals surface area contributed by atoms with Crippen LogP contribution >= 0.6 is 24.0 Å². The summed E-state index contributed by atoms with van der Waals surface area (Å²) < 4.78 is 0. The maximum atomic E-state index is 11.1. The van der Waals surface area contributed by atoms with Gasteiger partial charge in [-0.2, -0.15) is 0 Å². The predicted molar refractivity (Wildman–Crippen MR) is 59.3 cm³/mol. The molecule has 0 heterocycles. The van der Waals surface area contributed by atoms with Crippen LogP contribution in [0.4, 0.5) is 0 Å². The number of halogens is 1. The molecule has 0 rings (SSSR count). The van der Waals surface area contributed by atoms with E-state index in [2.05, 4.69) is 27.7 Å². The number of ketones is 1. The smallest absolute Gasteiger partial charge is 0.133 e. The molecule has 0 saturated heterocycles. The Labute approximate surface area is 87.0 Å². The summed E-state index contributed by atoms with van der Waals surface area (Å²) >= 11 is 0. The predicted octanol–water partition coefficient (Wildman–Crippen LogP) is 3.27. The van der Waals surface area contributed by atoms with Crippen LogP contribution in [0.1, 0.15) is 40.5 Å². The minimum absolute atomic E-state index is 0. The molecule has 68 valence electrons. The summed E-state index contributed by atoms with van der Waals surface area (Å²) in [4.78, 5) is 11.1. The van der Waals surface area contributed by atoms with Crippen molar-refractivity contribution < 1.29 is 4.79 Å². The molecular formula is C9H19IO. The normalized spacial score (nSPS) is 10.0. The summed E-state index contributed by atoms with van der Waals surface area (Å²) in [5.41, 5.74) is 0. The molecule has 0 amide bonds. The molecule has 11 heavy (non-hydrogen) atoms. The molecule has 0 aliphatic carbocycles. The highest BCUT2D eigenvalue weighted by Gasteiger charge is 2.06. The zero-order valence-corrected chi connectivity index (χ0v) is 10.2. The van der Waals surface area contributed by atoms with Gasteiger partial charge in [0.15, 0.2) is 0 Å². The first kappa shape index (κ1) is 14.0. The molecule has 0 bridgehead atoms. The van der Waals surface area contributed by atoms with Gasteiger partial charge in [0.2, 0.25) is 0 Å². The van der Waals surface area contributed by atoms with Gasteiger partial charge in [-0.1, -0.05) is 27.7 Å². The zero-order chi connectivity index (χ0) is 8.15.